The molecular formula is C18H16ClF3N4O3S. The van der Waals surface area contributed by atoms with Gasteiger partial charge >= 0.3 is 6.18 Å². The molecule has 0 saturated heterocycles. The lowest BCUT2D eigenvalue weighted by Gasteiger charge is -2.19. The maximum absolute atomic E-state index is 13.0. The third kappa shape index (κ3) is 4.79. The first-order valence-corrected chi connectivity index (χ1v) is 10.5. The molecule has 0 aliphatic heterocycles. The van der Waals surface area contributed by atoms with Gasteiger partial charge in [-0.25, -0.2) is 8.42 Å². The molecule has 1 N–H and O–H groups in total. The quantitative estimate of drug-likeness (QED) is 0.582. The van der Waals surface area contributed by atoms with Crippen LogP contribution in [0, 0.1) is 5.92 Å². The molecule has 7 nitrogen and oxygen atoms in total. The van der Waals surface area contributed by atoms with E-state index in [4.69, 9.17) is 16.1 Å². The lowest BCUT2D eigenvalue weighted by Crippen LogP contribution is -2.32. The van der Waals surface area contributed by atoms with Crippen molar-refractivity contribution in [3.63, 3.8) is 0 Å². The summed E-state index contributed by atoms with van der Waals surface area (Å²) in [5, 5.41) is 3.47. The van der Waals surface area contributed by atoms with Crippen LogP contribution in [0.5, 0.6) is 0 Å². The number of nitrogens with one attached hydrogen (secondary N) is 1. The second-order valence-electron chi connectivity index (χ2n) is 6.68. The Morgan fingerprint density at radius 2 is 1.93 bits per heavy atom. The van der Waals surface area contributed by atoms with Crippen molar-refractivity contribution in [1.82, 2.24) is 19.8 Å². The fourth-order valence-corrected chi connectivity index (χ4v) is 4.43. The first-order chi connectivity index (χ1) is 14.0. The second-order valence-corrected chi connectivity index (χ2v) is 8.77. The van der Waals surface area contributed by atoms with Crippen LogP contribution in [0.1, 0.15) is 31.3 Å². The number of pyridine rings is 1. The Morgan fingerprint density at radius 3 is 2.53 bits per heavy atom. The van der Waals surface area contributed by atoms with Gasteiger partial charge in [0.25, 0.3) is 0 Å². The van der Waals surface area contributed by atoms with E-state index in [1.165, 1.54) is 6.20 Å². The maximum atomic E-state index is 13.0. The monoisotopic (exact) mass is 460 g/mol. The fourth-order valence-electron chi connectivity index (χ4n) is 2.56. The smallest absolute Gasteiger partial charge is 0.337 e. The van der Waals surface area contributed by atoms with Crippen LogP contribution in [0.15, 0.2) is 52.1 Å². The van der Waals surface area contributed by atoms with Gasteiger partial charge in [-0.3, -0.25) is 4.98 Å². The van der Waals surface area contributed by atoms with Gasteiger partial charge in [-0.2, -0.15) is 22.9 Å². The van der Waals surface area contributed by atoms with Gasteiger partial charge in [-0.15, -0.1) is 0 Å². The van der Waals surface area contributed by atoms with Crippen LogP contribution in [0.4, 0.5) is 13.2 Å². The summed E-state index contributed by atoms with van der Waals surface area (Å²) in [6, 6.07) is 4.44. The fraction of sp³-hybridized carbons (Fsp3) is 0.278. The molecule has 0 spiro atoms. The highest BCUT2D eigenvalue weighted by atomic mass is 35.5. The van der Waals surface area contributed by atoms with E-state index in [1.807, 2.05) is 0 Å². The van der Waals surface area contributed by atoms with Crippen molar-refractivity contribution in [2.45, 2.75) is 31.0 Å². The zero-order valence-corrected chi connectivity index (χ0v) is 17.3. The molecule has 2 aromatic heterocycles. The molecule has 1 aromatic carbocycles. The first kappa shape index (κ1) is 22.2. The van der Waals surface area contributed by atoms with Crippen LogP contribution in [-0.4, -0.2) is 23.5 Å². The van der Waals surface area contributed by atoms with Gasteiger partial charge in [-0.05, 0) is 36.2 Å². The Balaban J connectivity index is 1.95. The van der Waals surface area contributed by atoms with Gasteiger partial charge < -0.3 is 4.52 Å². The average Bonchev–Trinajstić information content (AvgIpc) is 3.16. The number of benzene rings is 1. The summed E-state index contributed by atoms with van der Waals surface area (Å²) in [6.07, 6.45) is -1.66. The number of sulfonamides is 1. The first-order valence-electron chi connectivity index (χ1n) is 8.62. The van der Waals surface area contributed by atoms with Gasteiger partial charge in [0.05, 0.1) is 10.6 Å². The van der Waals surface area contributed by atoms with E-state index in [0.29, 0.717) is 17.7 Å². The molecule has 1 unspecified atom stereocenters. The summed E-state index contributed by atoms with van der Waals surface area (Å²) >= 11 is 5.88. The minimum atomic E-state index is -4.72. The van der Waals surface area contributed by atoms with Crippen LogP contribution < -0.4 is 4.72 Å². The van der Waals surface area contributed by atoms with Crippen molar-refractivity contribution >= 4 is 21.6 Å². The van der Waals surface area contributed by atoms with E-state index in [9.17, 15) is 21.6 Å². The molecule has 3 aromatic rings. The third-order valence-corrected chi connectivity index (χ3v) is 6.05. The van der Waals surface area contributed by atoms with E-state index in [-0.39, 0.29) is 22.7 Å². The van der Waals surface area contributed by atoms with Crippen molar-refractivity contribution in [2.24, 2.45) is 5.92 Å². The Morgan fingerprint density at radius 1 is 1.20 bits per heavy atom. The van der Waals surface area contributed by atoms with Gasteiger partial charge in [0.15, 0.2) is 0 Å². The van der Waals surface area contributed by atoms with E-state index >= 15 is 0 Å². The van der Waals surface area contributed by atoms with Crippen molar-refractivity contribution in [2.75, 3.05) is 0 Å². The molecule has 2 heterocycles. The topological polar surface area (TPSA) is 98.0 Å². The second kappa shape index (κ2) is 8.32. The molecule has 1 atom stereocenters. The Kier molecular flexibility index (Phi) is 6.16. The van der Waals surface area contributed by atoms with Crippen LogP contribution in [-0.2, 0) is 16.2 Å². The number of halogens is 4. The van der Waals surface area contributed by atoms with Crippen LogP contribution >= 0.6 is 11.6 Å². The summed E-state index contributed by atoms with van der Waals surface area (Å²) in [6.45, 7) is 3.38. The Hall–Kier alpha value is -2.50. The lowest BCUT2D eigenvalue weighted by atomic mass is 10.1. The van der Waals surface area contributed by atoms with Crippen molar-refractivity contribution < 1.29 is 26.1 Å². The molecule has 12 heteroatoms. The molecule has 30 heavy (non-hydrogen) atoms. The summed E-state index contributed by atoms with van der Waals surface area (Å²) in [5.74, 6) is -0.220. The molecule has 0 aliphatic carbocycles. The number of hydrogen-bond acceptors (Lipinski definition) is 6. The maximum Gasteiger partial charge on any atom is 0.416 e. The summed E-state index contributed by atoms with van der Waals surface area (Å²) in [5.41, 5.74) is -0.580. The highest BCUT2D eigenvalue weighted by Crippen LogP contribution is 2.34. The number of nitrogens with zero attached hydrogens (tertiary/aromatic N) is 3. The van der Waals surface area contributed by atoms with Crippen molar-refractivity contribution in [3.05, 3.63) is 59.2 Å². The zero-order chi connectivity index (χ0) is 22.1. The van der Waals surface area contributed by atoms with Crippen LogP contribution in [0.3, 0.4) is 0 Å². The van der Waals surface area contributed by atoms with Gasteiger partial charge in [0.2, 0.25) is 21.7 Å². The summed E-state index contributed by atoms with van der Waals surface area (Å²) in [7, 11) is -4.44. The SMILES string of the molecule is CC(C)C(NS(=O)(=O)c1cc(C(F)(F)F)ccc1Cl)c1nc(-c2cccnc2)no1. The summed E-state index contributed by atoms with van der Waals surface area (Å²) in [4.78, 5) is 7.45. The summed E-state index contributed by atoms with van der Waals surface area (Å²) < 4.78 is 72.2. The molecule has 0 radical (unpaired) electrons. The number of alkyl halides is 3. The van der Waals surface area contributed by atoms with E-state index in [2.05, 4.69) is 19.8 Å². The standard InChI is InChI=1S/C18H16ClF3N4O3S/c1-10(2)15(17-24-16(25-29-17)11-4-3-7-23-9-11)26-30(27,28)14-8-12(18(20,21)22)5-6-13(14)19/h3-10,15,26H,1-2H3. The third-order valence-electron chi connectivity index (χ3n) is 4.12. The van der Waals surface area contributed by atoms with E-state index in [1.54, 1.807) is 32.2 Å². The van der Waals surface area contributed by atoms with Gasteiger partial charge in [0.1, 0.15) is 10.9 Å². The molecule has 0 bridgehead atoms. The minimum absolute atomic E-state index is 0.0458. The predicted molar refractivity (Wildman–Crippen MR) is 102 cm³/mol. The molecule has 0 fully saturated rings. The number of hydrogen-bond donors (Lipinski definition) is 1. The number of rotatable bonds is 6. The molecular weight excluding hydrogens is 445 g/mol. The number of aromatic nitrogens is 3. The molecule has 160 valence electrons. The Labute approximate surface area is 175 Å². The molecule has 0 saturated carbocycles. The van der Waals surface area contributed by atoms with E-state index < -0.39 is 32.7 Å². The average molecular weight is 461 g/mol. The van der Waals surface area contributed by atoms with Gasteiger partial charge in [-0.1, -0.05) is 30.6 Å². The van der Waals surface area contributed by atoms with E-state index in [0.717, 1.165) is 6.07 Å². The Bertz CT molecular complexity index is 1140. The molecule has 0 aliphatic rings. The molecule has 0 amide bonds. The minimum Gasteiger partial charge on any atom is -0.337 e. The van der Waals surface area contributed by atoms with Gasteiger partial charge in [0, 0.05) is 18.0 Å². The molecule has 3 rings (SSSR count). The van der Waals surface area contributed by atoms with Crippen LogP contribution in [0.2, 0.25) is 5.02 Å². The van der Waals surface area contributed by atoms with Crippen molar-refractivity contribution in [3.8, 4) is 11.4 Å². The normalized spacial score (nSPS) is 13.6. The highest BCUT2D eigenvalue weighted by molar-refractivity contribution is 7.89. The lowest BCUT2D eigenvalue weighted by molar-refractivity contribution is -0.137. The largest absolute Gasteiger partial charge is 0.416 e. The highest BCUT2D eigenvalue weighted by Gasteiger charge is 2.34. The van der Waals surface area contributed by atoms with Crippen molar-refractivity contribution in [1.29, 1.82) is 0 Å². The zero-order valence-electron chi connectivity index (χ0n) is 15.7. The van der Waals surface area contributed by atoms with Crippen LogP contribution in [0.25, 0.3) is 11.4 Å². The predicted octanol–water partition coefficient (Wildman–Crippen LogP) is 4.48.